The molecule has 0 aliphatic rings. The van der Waals surface area contributed by atoms with E-state index in [0.29, 0.717) is 33.3 Å². The average molecular weight is 444 g/mol. The van der Waals surface area contributed by atoms with Crippen molar-refractivity contribution in [3.05, 3.63) is 68.0 Å². The maximum atomic E-state index is 12.2. The van der Waals surface area contributed by atoms with Crippen LogP contribution in [0.3, 0.4) is 0 Å². The van der Waals surface area contributed by atoms with Crippen molar-refractivity contribution in [3.8, 4) is 0 Å². The van der Waals surface area contributed by atoms with E-state index in [9.17, 15) is 4.79 Å². The highest BCUT2D eigenvalue weighted by molar-refractivity contribution is 7.10. The number of anilines is 3. The molecule has 1 N–H and O–H groups in total. The smallest absolute Gasteiger partial charge is 0.359 e. The van der Waals surface area contributed by atoms with Gasteiger partial charge in [0.2, 0.25) is 5.13 Å². The van der Waals surface area contributed by atoms with Gasteiger partial charge in [0.05, 0.1) is 16.6 Å². The minimum atomic E-state index is -0.283. The lowest BCUT2D eigenvalue weighted by molar-refractivity contribution is 0.682. The second-order valence-electron chi connectivity index (χ2n) is 5.70. The maximum absolute atomic E-state index is 12.2. The molecule has 3 rings (SSSR count). The van der Waals surface area contributed by atoms with Gasteiger partial charge in [0.1, 0.15) is 0 Å². The zero-order valence-corrected chi connectivity index (χ0v) is 17.5. The molecule has 9 heteroatoms. The SMILES string of the molecule is CCN(CCn1sc(Nc2ccc(Cl)c(Cl)c2)nc1=O)c1ccc(Cl)cc1. The van der Waals surface area contributed by atoms with Crippen LogP contribution in [-0.4, -0.2) is 22.0 Å². The van der Waals surface area contributed by atoms with Gasteiger partial charge in [-0.05, 0) is 60.9 Å². The van der Waals surface area contributed by atoms with E-state index in [1.54, 1.807) is 22.2 Å². The topological polar surface area (TPSA) is 50.2 Å². The van der Waals surface area contributed by atoms with Crippen LogP contribution in [0.15, 0.2) is 47.3 Å². The summed E-state index contributed by atoms with van der Waals surface area (Å²) in [5.74, 6) is 0. The standard InChI is InChI=1S/C18H17Cl3N4OS/c1-2-24(14-6-3-12(19)4-7-14)9-10-25-18(26)23-17(27-25)22-13-5-8-15(20)16(21)11-13/h3-8,11H,2,9-10H2,1H3,(H,22,23,26). The first-order valence-electron chi connectivity index (χ1n) is 8.27. The number of hydrogen-bond acceptors (Lipinski definition) is 5. The Morgan fingerprint density at radius 3 is 2.52 bits per heavy atom. The Bertz CT molecular complexity index is 971. The van der Waals surface area contributed by atoms with E-state index in [4.69, 9.17) is 34.8 Å². The van der Waals surface area contributed by atoms with Crippen molar-refractivity contribution in [1.82, 2.24) is 8.94 Å². The molecule has 0 saturated carbocycles. The molecule has 2 aromatic carbocycles. The highest BCUT2D eigenvalue weighted by Gasteiger charge is 2.10. The van der Waals surface area contributed by atoms with Gasteiger partial charge in [-0.1, -0.05) is 34.8 Å². The Labute approximate surface area is 176 Å². The summed E-state index contributed by atoms with van der Waals surface area (Å²) in [7, 11) is 0. The zero-order chi connectivity index (χ0) is 19.4. The van der Waals surface area contributed by atoms with Gasteiger partial charge in [-0.2, -0.15) is 4.98 Å². The Hall–Kier alpha value is -1.73. The maximum Gasteiger partial charge on any atom is 0.359 e. The van der Waals surface area contributed by atoms with Gasteiger partial charge in [0.15, 0.2) is 0 Å². The monoisotopic (exact) mass is 442 g/mol. The van der Waals surface area contributed by atoms with Gasteiger partial charge >= 0.3 is 5.69 Å². The third-order valence-electron chi connectivity index (χ3n) is 3.92. The number of halogens is 3. The van der Waals surface area contributed by atoms with Crippen LogP contribution < -0.4 is 15.9 Å². The summed E-state index contributed by atoms with van der Waals surface area (Å²) in [6.07, 6.45) is 0. The minimum Gasteiger partial charge on any atom is -0.370 e. The number of nitrogens with one attached hydrogen (secondary N) is 1. The lowest BCUT2D eigenvalue weighted by Crippen LogP contribution is -2.29. The first-order chi connectivity index (χ1) is 13.0. The van der Waals surface area contributed by atoms with Crippen LogP contribution in [0.2, 0.25) is 15.1 Å². The summed E-state index contributed by atoms with van der Waals surface area (Å²) < 4.78 is 1.62. The number of rotatable bonds is 7. The lowest BCUT2D eigenvalue weighted by Gasteiger charge is -2.22. The number of benzene rings is 2. The Morgan fingerprint density at radius 2 is 1.85 bits per heavy atom. The molecule has 0 bridgehead atoms. The molecule has 1 heterocycles. The van der Waals surface area contributed by atoms with Crippen LogP contribution in [0, 0.1) is 0 Å². The van der Waals surface area contributed by atoms with E-state index >= 15 is 0 Å². The number of hydrogen-bond donors (Lipinski definition) is 1. The second-order valence-corrected chi connectivity index (χ2v) is 7.96. The van der Waals surface area contributed by atoms with E-state index < -0.39 is 0 Å². The fourth-order valence-corrected chi connectivity index (χ4v) is 3.74. The largest absolute Gasteiger partial charge is 0.370 e. The molecule has 0 atom stereocenters. The van der Waals surface area contributed by atoms with Crippen molar-refractivity contribution in [2.45, 2.75) is 13.5 Å². The van der Waals surface area contributed by atoms with Crippen LogP contribution >= 0.6 is 46.3 Å². The van der Waals surface area contributed by atoms with Gasteiger partial charge in [-0.25, -0.2) is 8.75 Å². The quantitative estimate of drug-likeness (QED) is 0.521. The molecule has 0 unspecified atom stereocenters. The second kappa shape index (κ2) is 8.97. The predicted molar refractivity (Wildman–Crippen MR) is 115 cm³/mol. The number of nitrogens with zero attached hydrogens (tertiary/aromatic N) is 3. The molecule has 0 aliphatic carbocycles. The van der Waals surface area contributed by atoms with Gasteiger partial charge in [-0.3, -0.25) is 0 Å². The molecular formula is C18H17Cl3N4OS. The zero-order valence-electron chi connectivity index (χ0n) is 14.5. The van der Waals surface area contributed by atoms with E-state index in [1.807, 2.05) is 24.3 Å². The fourth-order valence-electron chi connectivity index (χ4n) is 2.53. The summed E-state index contributed by atoms with van der Waals surface area (Å²) >= 11 is 19.2. The molecule has 5 nitrogen and oxygen atoms in total. The number of likely N-dealkylation sites (N-methyl/N-ethyl adjacent to an activating group) is 1. The van der Waals surface area contributed by atoms with Gasteiger partial charge in [0, 0.05) is 29.5 Å². The highest BCUT2D eigenvalue weighted by Crippen LogP contribution is 2.27. The Kier molecular flexibility index (Phi) is 6.65. The van der Waals surface area contributed by atoms with Crippen molar-refractivity contribution in [1.29, 1.82) is 0 Å². The summed E-state index contributed by atoms with van der Waals surface area (Å²) in [6, 6.07) is 12.8. The minimum absolute atomic E-state index is 0.283. The summed E-state index contributed by atoms with van der Waals surface area (Å²) in [6.45, 7) is 4.12. The third kappa shape index (κ3) is 5.17. The molecule has 1 aromatic heterocycles. The van der Waals surface area contributed by atoms with E-state index in [0.717, 1.165) is 17.9 Å². The molecule has 0 saturated heterocycles. The van der Waals surface area contributed by atoms with E-state index in [2.05, 4.69) is 22.1 Å². The summed E-state index contributed by atoms with van der Waals surface area (Å²) in [5.41, 5.74) is 1.50. The van der Waals surface area contributed by atoms with Crippen molar-refractivity contribution in [2.24, 2.45) is 0 Å². The van der Waals surface area contributed by atoms with Crippen molar-refractivity contribution in [2.75, 3.05) is 23.3 Å². The average Bonchev–Trinajstić information content (AvgIpc) is 2.99. The van der Waals surface area contributed by atoms with Crippen LogP contribution in [0.1, 0.15) is 6.92 Å². The predicted octanol–water partition coefficient (Wildman–Crippen LogP) is 5.54. The summed E-state index contributed by atoms with van der Waals surface area (Å²) in [5, 5.41) is 5.21. The van der Waals surface area contributed by atoms with Crippen LogP contribution in [0.25, 0.3) is 0 Å². The molecule has 142 valence electrons. The Balaban J connectivity index is 1.67. The molecule has 27 heavy (non-hydrogen) atoms. The highest BCUT2D eigenvalue weighted by atomic mass is 35.5. The third-order valence-corrected chi connectivity index (χ3v) is 5.84. The van der Waals surface area contributed by atoms with Crippen molar-refractivity contribution >= 4 is 62.8 Å². The molecule has 0 spiro atoms. The van der Waals surface area contributed by atoms with Crippen LogP contribution in [0.5, 0.6) is 0 Å². The molecule has 3 aromatic rings. The van der Waals surface area contributed by atoms with Crippen molar-refractivity contribution in [3.63, 3.8) is 0 Å². The first-order valence-corrected chi connectivity index (χ1v) is 10.2. The lowest BCUT2D eigenvalue weighted by atomic mass is 10.3. The van der Waals surface area contributed by atoms with Crippen molar-refractivity contribution < 1.29 is 0 Å². The molecule has 0 fully saturated rings. The fraction of sp³-hybridized carbons (Fsp3) is 0.222. The van der Waals surface area contributed by atoms with Crippen LogP contribution in [-0.2, 0) is 6.54 Å². The van der Waals surface area contributed by atoms with Gasteiger partial charge in [-0.15, -0.1) is 0 Å². The van der Waals surface area contributed by atoms with Gasteiger partial charge < -0.3 is 10.2 Å². The number of aromatic nitrogens is 2. The normalized spacial score (nSPS) is 10.8. The molecule has 0 radical (unpaired) electrons. The van der Waals surface area contributed by atoms with E-state index in [-0.39, 0.29) is 5.69 Å². The van der Waals surface area contributed by atoms with Crippen LogP contribution in [0.4, 0.5) is 16.5 Å². The van der Waals surface area contributed by atoms with Gasteiger partial charge in [0.25, 0.3) is 0 Å². The first kappa shape index (κ1) is 20.0. The van der Waals surface area contributed by atoms with E-state index in [1.165, 1.54) is 11.5 Å². The summed E-state index contributed by atoms with van der Waals surface area (Å²) in [4.78, 5) is 18.4. The molecular weight excluding hydrogens is 427 g/mol. The Morgan fingerprint density at radius 1 is 1.11 bits per heavy atom. The molecule has 0 amide bonds. The molecule has 0 aliphatic heterocycles.